The van der Waals surface area contributed by atoms with E-state index in [9.17, 15) is 4.79 Å². The average molecular weight is 262 g/mol. The Bertz CT molecular complexity index is 652. The summed E-state index contributed by atoms with van der Waals surface area (Å²) in [5.41, 5.74) is 0.719. The van der Waals surface area contributed by atoms with Gasteiger partial charge in [0.05, 0.1) is 7.11 Å². The molecule has 6 heteroatoms. The van der Waals surface area contributed by atoms with Gasteiger partial charge >= 0.3 is 5.97 Å². The fourth-order valence-electron chi connectivity index (χ4n) is 1.48. The molecule has 0 aliphatic carbocycles. The molecule has 0 spiro atoms. The number of hydrogen-bond donors (Lipinski definition) is 2. The Kier molecular flexibility index (Phi) is 3.38. The van der Waals surface area contributed by atoms with Gasteiger partial charge in [-0.05, 0) is 12.1 Å². The van der Waals surface area contributed by atoms with Crippen molar-refractivity contribution in [2.24, 2.45) is 0 Å². The van der Waals surface area contributed by atoms with Gasteiger partial charge in [0.2, 0.25) is 0 Å². The summed E-state index contributed by atoms with van der Waals surface area (Å²) in [7, 11) is 1.56. The van der Waals surface area contributed by atoms with Crippen LogP contribution in [0.25, 0.3) is 11.4 Å². The van der Waals surface area contributed by atoms with Crippen molar-refractivity contribution in [3.63, 3.8) is 0 Å². The number of H-pyrrole nitrogens is 1. The number of nitrogens with one attached hydrogen (secondary N) is 1. The summed E-state index contributed by atoms with van der Waals surface area (Å²) >= 11 is 4.94. The van der Waals surface area contributed by atoms with Crippen LogP contribution in [0.2, 0.25) is 0 Å². The molecule has 0 aliphatic heterocycles. The van der Waals surface area contributed by atoms with Gasteiger partial charge in [0, 0.05) is 11.6 Å². The molecule has 0 unspecified atom stereocenters. The minimum Gasteiger partial charge on any atom is -0.497 e. The number of carbonyl (C=O) groups is 1. The zero-order valence-corrected chi connectivity index (χ0v) is 10.3. The van der Waals surface area contributed by atoms with Gasteiger partial charge < -0.3 is 14.8 Å². The molecule has 0 atom stereocenters. The van der Waals surface area contributed by atoms with Gasteiger partial charge in [0.15, 0.2) is 0 Å². The number of aromatic amines is 1. The SMILES string of the molecule is COc1cccc(-c2nc(=S)cc(C(=O)O)[nH]2)c1. The Morgan fingerprint density at radius 3 is 2.89 bits per heavy atom. The van der Waals surface area contributed by atoms with E-state index in [1.54, 1.807) is 31.4 Å². The normalized spacial score (nSPS) is 10.1. The summed E-state index contributed by atoms with van der Waals surface area (Å²) in [4.78, 5) is 17.8. The van der Waals surface area contributed by atoms with E-state index in [1.807, 2.05) is 0 Å². The maximum atomic E-state index is 10.9. The molecule has 0 radical (unpaired) electrons. The van der Waals surface area contributed by atoms with Crippen LogP contribution in [0.3, 0.4) is 0 Å². The van der Waals surface area contributed by atoms with E-state index in [4.69, 9.17) is 22.1 Å². The number of nitrogens with zero attached hydrogens (tertiary/aromatic N) is 1. The van der Waals surface area contributed by atoms with Crippen LogP contribution in [0, 0.1) is 4.64 Å². The Hall–Kier alpha value is -2.21. The summed E-state index contributed by atoms with van der Waals surface area (Å²) in [6.45, 7) is 0. The van der Waals surface area contributed by atoms with E-state index >= 15 is 0 Å². The zero-order chi connectivity index (χ0) is 13.1. The third-order valence-corrected chi connectivity index (χ3v) is 2.53. The molecule has 0 saturated heterocycles. The molecule has 2 rings (SSSR count). The Morgan fingerprint density at radius 1 is 1.44 bits per heavy atom. The molecule has 0 aliphatic rings. The van der Waals surface area contributed by atoms with E-state index in [2.05, 4.69) is 9.97 Å². The largest absolute Gasteiger partial charge is 0.497 e. The first kappa shape index (κ1) is 12.3. The molecule has 18 heavy (non-hydrogen) atoms. The summed E-state index contributed by atoms with van der Waals surface area (Å²) in [5.74, 6) is -0.0132. The Labute approximate surface area is 108 Å². The highest BCUT2D eigenvalue weighted by molar-refractivity contribution is 7.71. The first-order chi connectivity index (χ1) is 8.60. The Morgan fingerprint density at radius 2 is 2.22 bits per heavy atom. The van der Waals surface area contributed by atoms with E-state index in [1.165, 1.54) is 6.07 Å². The third kappa shape index (κ3) is 2.54. The smallest absolute Gasteiger partial charge is 0.352 e. The molecule has 1 aromatic carbocycles. The van der Waals surface area contributed by atoms with Crippen LogP contribution in [0.15, 0.2) is 30.3 Å². The number of aromatic carboxylic acids is 1. The number of benzene rings is 1. The highest BCUT2D eigenvalue weighted by Crippen LogP contribution is 2.20. The van der Waals surface area contributed by atoms with Crippen molar-refractivity contribution in [3.05, 3.63) is 40.7 Å². The molecule has 1 aromatic heterocycles. The quantitative estimate of drug-likeness (QED) is 0.831. The van der Waals surface area contributed by atoms with Crippen molar-refractivity contribution >= 4 is 18.2 Å². The van der Waals surface area contributed by atoms with Crippen molar-refractivity contribution in [1.82, 2.24) is 9.97 Å². The first-order valence-corrected chi connectivity index (χ1v) is 5.50. The minimum atomic E-state index is -1.08. The van der Waals surface area contributed by atoms with Crippen LogP contribution in [0.4, 0.5) is 0 Å². The summed E-state index contributed by atoms with van der Waals surface area (Å²) < 4.78 is 5.33. The highest BCUT2D eigenvalue weighted by atomic mass is 32.1. The molecule has 2 aromatic rings. The molecular formula is C12H10N2O3S. The second-order valence-electron chi connectivity index (χ2n) is 3.52. The topological polar surface area (TPSA) is 75.2 Å². The minimum absolute atomic E-state index is 0.00724. The predicted octanol–water partition coefficient (Wildman–Crippen LogP) is 2.51. The second kappa shape index (κ2) is 4.97. The van der Waals surface area contributed by atoms with Crippen LogP contribution < -0.4 is 4.74 Å². The van der Waals surface area contributed by atoms with Gasteiger partial charge in [-0.2, -0.15) is 0 Å². The lowest BCUT2D eigenvalue weighted by molar-refractivity contribution is 0.0690. The van der Waals surface area contributed by atoms with Gasteiger partial charge in [-0.1, -0.05) is 24.4 Å². The average Bonchev–Trinajstić information content (AvgIpc) is 2.38. The van der Waals surface area contributed by atoms with E-state index in [-0.39, 0.29) is 10.3 Å². The molecule has 0 fully saturated rings. The monoisotopic (exact) mass is 262 g/mol. The summed E-state index contributed by atoms with van der Waals surface area (Å²) in [5, 5.41) is 8.95. The number of ether oxygens (including phenoxy) is 1. The maximum Gasteiger partial charge on any atom is 0.352 e. The fraction of sp³-hybridized carbons (Fsp3) is 0.0833. The number of hydrogen-bond acceptors (Lipinski definition) is 4. The van der Waals surface area contributed by atoms with Gasteiger partial charge in [-0.3, -0.25) is 0 Å². The second-order valence-corrected chi connectivity index (χ2v) is 3.94. The van der Waals surface area contributed by atoms with E-state index in [0.29, 0.717) is 17.1 Å². The van der Waals surface area contributed by atoms with Crippen molar-refractivity contribution in [3.8, 4) is 17.1 Å². The molecule has 0 saturated carbocycles. The number of rotatable bonds is 3. The third-order valence-electron chi connectivity index (χ3n) is 2.32. The lowest BCUT2D eigenvalue weighted by Crippen LogP contribution is -2.03. The van der Waals surface area contributed by atoms with Crippen LogP contribution in [0.5, 0.6) is 5.75 Å². The summed E-state index contributed by atoms with van der Waals surface area (Å²) in [6, 6.07) is 8.43. The lowest BCUT2D eigenvalue weighted by atomic mass is 10.2. The standard InChI is InChI=1S/C12H10N2O3S/c1-17-8-4-2-3-7(5-8)11-13-9(12(15)16)6-10(18)14-11/h2-6H,1H3,(H,15,16)(H,13,14,18). The predicted molar refractivity (Wildman–Crippen MR) is 68.4 cm³/mol. The van der Waals surface area contributed by atoms with Crippen molar-refractivity contribution in [2.75, 3.05) is 7.11 Å². The number of carboxylic acids is 1. The summed E-state index contributed by atoms with van der Waals surface area (Å²) in [6.07, 6.45) is 0. The van der Waals surface area contributed by atoms with Gasteiger partial charge in [0.25, 0.3) is 0 Å². The maximum absolute atomic E-state index is 10.9. The van der Waals surface area contributed by atoms with E-state index in [0.717, 1.165) is 0 Å². The molecule has 0 bridgehead atoms. The van der Waals surface area contributed by atoms with Gasteiger partial charge in [0.1, 0.15) is 21.9 Å². The molecule has 92 valence electrons. The molecule has 1 heterocycles. The zero-order valence-electron chi connectivity index (χ0n) is 9.51. The van der Waals surface area contributed by atoms with Crippen LogP contribution in [-0.4, -0.2) is 28.2 Å². The Balaban J connectivity index is 2.56. The number of carboxylic acid groups (broad SMARTS) is 1. The highest BCUT2D eigenvalue weighted by Gasteiger charge is 2.08. The first-order valence-electron chi connectivity index (χ1n) is 5.09. The number of methoxy groups -OCH3 is 1. The molecule has 0 amide bonds. The van der Waals surface area contributed by atoms with Gasteiger partial charge in [-0.15, -0.1) is 0 Å². The molecule has 5 nitrogen and oxygen atoms in total. The van der Waals surface area contributed by atoms with Crippen LogP contribution in [0.1, 0.15) is 10.5 Å². The van der Waals surface area contributed by atoms with E-state index < -0.39 is 5.97 Å². The molecule has 2 N–H and O–H groups in total. The van der Waals surface area contributed by atoms with Crippen molar-refractivity contribution < 1.29 is 14.6 Å². The van der Waals surface area contributed by atoms with Crippen LogP contribution >= 0.6 is 12.2 Å². The molecular weight excluding hydrogens is 252 g/mol. The van der Waals surface area contributed by atoms with Crippen LogP contribution in [-0.2, 0) is 0 Å². The van der Waals surface area contributed by atoms with Crippen molar-refractivity contribution in [2.45, 2.75) is 0 Å². The van der Waals surface area contributed by atoms with Crippen molar-refractivity contribution in [1.29, 1.82) is 0 Å². The van der Waals surface area contributed by atoms with Gasteiger partial charge in [-0.25, -0.2) is 9.78 Å². The fourth-order valence-corrected chi connectivity index (χ4v) is 1.69. The lowest BCUT2D eigenvalue weighted by Gasteiger charge is -2.05. The number of aromatic nitrogens is 2.